The van der Waals surface area contributed by atoms with E-state index in [1.54, 1.807) is 13.2 Å². The van der Waals surface area contributed by atoms with Crippen molar-refractivity contribution in [3.8, 4) is 0 Å². The van der Waals surface area contributed by atoms with Crippen LogP contribution in [0.2, 0.25) is 0 Å². The van der Waals surface area contributed by atoms with Crippen LogP contribution in [0.15, 0.2) is 0 Å². The minimum Gasteiger partial charge on any atom is -0.355 e. The van der Waals surface area contributed by atoms with Crippen LogP contribution in [-0.4, -0.2) is 34.2 Å². The molecule has 0 aliphatic heterocycles. The van der Waals surface area contributed by atoms with Crippen molar-refractivity contribution < 1.29 is 9.00 Å². The largest absolute Gasteiger partial charge is 0.355 e. The summed E-state index contributed by atoms with van der Waals surface area (Å²) in [5.41, 5.74) is 5.44. The summed E-state index contributed by atoms with van der Waals surface area (Å²) in [7, 11) is -0.885. The highest BCUT2D eigenvalue weighted by atomic mass is 32.2. The van der Waals surface area contributed by atoms with Crippen molar-refractivity contribution >= 4 is 16.7 Å². The molecular weight excluding hydrogens is 188 g/mol. The average molecular weight is 206 g/mol. The topological polar surface area (TPSA) is 72.2 Å². The predicted octanol–water partition coefficient (Wildman–Crippen LogP) is -0.393. The third kappa shape index (κ3) is 6.72. The standard InChI is InChI=1S/C8H18N2O2S/c1-6(9)4-8(11)10-5-7(2)13(3)12/h6-7H,4-5,9H2,1-3H3,(H,10,11). The first-order valence-corrected chi connectivity index (χ1v) is 5.90. The predicted molar refractivity (Wildman–Crippen MR) is 54.8 cm³/mol. The summed E-state index contributed by atoms with van der Waals surface area (Å²) in [5, 5.41) is 2.68. The molecule has 0 aromatic rings. The minimum atomic E-state index is -0.885. The number of carbonyl (C=O) groups excluding carboxylic acids is 1. The van der Waals surface area contributed by atoms with E-state index in [0.29, 0.717) is 13.0 Å². The molecule has 0 fully saturated rings. The summed E-state index contributed by atoms with van der Waals surface area (Å²) in [4.78, 5) is 11.1. The average Bonchev–Trinajstić information content (AvgIpc) is 1.98. The van der Waals surface area contributed by atoms with Crippen LogP contribution < -0.4 is 11.1 Å². The van der Waals surface area contributed by atoms with E-state index in [2.05, 4.69) is 5.32 Å². The van der Waals surface area contributed by atoms with Gasteiger partial charge in [0.25, 0.3) is 0 Å². The van der Waals surface area contributed by atoms with Gasteiger partial charge in [-0.2, -0.15) is 0 Å². The summed E-state index contributed by atoms with van der Waals surface area (Å²) in [6.07, 6.45) is 1.95. The fraction of sp³-hybridized carbons (Fsp3) is 0.875. The molecule has 3 unspecified atom stereocenters. The Morgan fingerprint density at radius 1 is 1.54 bits per heavy atom. The van der Waals surface area contributed by atoms with Crippen molar-refractivity contribution in [2.45, 2.75) is 31.6 Å². The Balaban J connectivity index is 3.64. The lowest BCUT2D eigenvalue weighted by atomic mass is 10.2. The van der Waals surface area contributed by atoms with Crippen LogP contribution in [0.25, 0.3) is 0 Å². The number of amides is 1. The zero-order valence-electron chi connectivity index (χ0n) is 8.37. The fourth-order valence-electron chi connectivity index (χ4n) is 0.740. The van der Waals surface area contributed by atoms with E-state index in [4.69, 9.17) is 5.73 Å². The summed E-state index contributed by atoms with van der Waals surface area (Å²) in [6.45, 7) is 4.07. The molecule has 1 amide bonds. The zero-order valence-corrected chi connectivity index (χ0v) is 9.19. The van der Waals surface area contributed by atoms with E-state index in [1.165, 1.54) is 0 Å². The Hall–Kier alpha value is -0.420. The van der Waals surface area contributed by atoms with Crippen LogP contribution in [0.4, 0.5) is 0 Å². The lowest BCUT2D eigenvalue weighted by molar-refractivity contribution is -0.121. The molecule has 3 atom stereocenters. The Kier molecular flexibility index (Phi) is 5.90. The lowest BCUT2D eigenvalue weighted by Gasteiger charge is -2.10. The van der Waals surface area contributed by atoms with Gasteiger partial charge >= 0.3 is 0 Å². The highest BCUT2D eigenvalue weighted by Crippen LogP contribution is 1.91. The summed E-state index contributed by atoms with van der Waals surface area (Å²) in [5.74, 6) is -0.0766. The molecule has 0 saturated heterocycles. The van der Waals surface area contributed by atoms with Crippen LogP contribution in [-0.2, 0) is 15.6 Å². The molecule has 0 aromatic heterocycles. The van der Waals surface area contributed by atoms with Gasteiger partial charge in [-0.05, 0) is 13.8 Å². The molecule has 78 valence electrons. The molecule has 0 saturated carbocycles. The van der Waals surface area contributed by atoms with Crippen LogP contribution in [0, 0.1) is 0 Å². The molecule has 13 heavy (non-hydrogen) atoms. The van der Waals surface area contributed by atoms with E-state index in [9.17, 15) is 9.00 Å². The monoisotopic (exact) mass is 206 g/mol. The van der Waals surface area contributed by atoms with Crippen molar-refractivity contribution in [1.82, 2.24) is 5.32 Å². The first-order valence-electron chi connectivity index (χ1n) is 4.28. The fourth-order valence-corrected chi connectivity index (χ4v) is 1.06. The van der Waals surface area contributed by atoms with Gasteiger partial charge in [-0.15, -0.1) is 0 Å². The van der Waals surface area contributed by atoms with Gasteiger partial charge in [-0.1, -0.05) is 0 Å². The highest BCUT2D eigenvalue weighted by Gasteiger charge is 2.09. The van der Waals surface area contributed by atoms with E-state index in [1.807, 2.05) is 6.92 Å². The lowest BCUT2D eigenvalue weighted by Crippen LogP contribution is -2.35. The van der Waals surface area contributed by atoms with Crippen molar-refractivity contribution in [3.63, 3.8) is 0 Å². The van der Waals surface area contributed by atoms with Crippen LogP contribution in [0.1, 0.15) is 20.3 Å². The molecule has 5 heteroatoms. The molecule has 0 heterocycles. The quantitative estimate of drug-likeness (QED) is 0.643. The minimum absolute atomic E-state index is 0.00275. The van der Waals surface area contributed by atoms with Crippen LogP contribution in [0.3, 0.4) is 0 Å². The summed E-state index contributed by atoms with van der Waals surface area (Å²) >= 11 is 0. The third-order valence-corrected chi connectivity index (χ3v) is 2.96. The van der Waals surface area contributed by atoms with Crippen molar-refractivity contribution in [3.05, 3.63) is 0 Å². The van der Waals surface area contributed by atoms with E-state index in [-0.39, 0.29) is 17.2 Å². The molecule has 0 aliphatic rings. The highest BCUT2D eigenvalue weighted by molar-refractivity contribution is 7.84. The first-order chi connectivity index (χ1) is 5.93. The molecule has 4 nitrogen and oxygen atoms in total. The maximum atomic E-state index is 11.1. The second-order valence-corrected chi connectivity index (χ2v) is 5.10. The van der Waals surface area contributed by atoms with E-state index < -0.39 is 10.8 Å². The van der Waals surface area contributed by atoms with E-state index >= 15 is 0 Å². The first kappa shape index (κ1) is 12.6. The molecule has 0 radical (unpaired) electrons. The number of hydrogen-bond donors (Lipinski definition) is 2. The maximum Gasteiger partial charge on any atom is 0.221 e. The van der Waals surface area contributed by atoms with Gasteiger partial charge in [0, 0.05) is 41.3 Å². The molecule has 0 rings (SSSR count). The molecule has 3 N–H and O–H groups in total. The number of carbonyl (C=O) groups is 1. The molecular formula is C8H18N2O2S. The van der Waals surface area contributed by atoms with Crippen LogP contribution >= 0.6 is 0 Å². The van der Waals surface area contributed by atoms with Crippen LogP contribution in [0.5, 0.6) is 0 Å². The smallest absolute Gasteiger partial charge is 0.221 e. The maximum absolute atomic E-state index is 11.1. The third-order valence-electron chi connectivity index (χ3n) is 1.66. The van der Waals surface area contributed by atoms with Gasteiger partial charge in [-0.25, -0.2) is 0 Å². The number of nitrogens with one attached hydrogen (secondary N) is 1. The molecule has 0 bridgehead atoms. The number of hydrogen-bond acceptors (Lipinski definition) is 3. The molecule has 0 aliphatic carbocycles. The Labute approximate surface area is 81.7 Å². The normalized spacial score (nSPS) is 17.5. The van der Waals surface area contributed by atoms with Gasteiger partial charge in [-0.3, -0.25) is 9.00 Å². The van der Waals surface area contributed by atoms with Gasteiger partial charge in [0.1, 0.15) is 0 Å². The Bertz CT molecular complexity index is 195. The second kappa shape index (κ2) is 6.10. The van der Waals surface area contributed by atoms with Crippen molar-refractivity contribution in [2.75, 3.05) is 12.8 Å². The Morgan fingerprint density at radius 3 is 2.46 bits per heavy atom. The summed E-state index contributed by atoms with van der Waals surface area (Å²) < 4.78 is 10.9. The molecule has 0 spiro atoms. The van der Waals surface area contributed by atoms with Crippen molar-refractivity contribution in [1.29, 1.82) is 0 Å². The zero-order chi connectivity index (χ0) is 10.4. The Morgan fingerprint density at radius 2 is 2.08 bits per heavy atom. The van der Waals surface area contributed by atoms with E-state index in [0.717, 1.165) is 0 Å². The van der Waals surface area contributed by atoms with Gasteiger partial charge < -0.3 is 11.1 Å². The number of nitrogens with two attached hydrogens (primary N) is 1. The number of rotatable bonds is 5. The SMILES string of the molecule is CC(N)CC(=O)NCC(C)S(C)=O. The van der Waals surface area contributed by atoms with Gasteiger partial charge in [0.05, 0.1) is 0 Å². The summed E-state index contributed by atoms with van der Waals surface area (Å²) in [6, 6.07) is -0.123. The molecule has 0 aromatic carbocycles. The van der Waals surface area contributed by atoms with Gasteiger partial charge in [0.2, 0.25) is 5.91 Å². The second-order valence-electron chi connectivity index (χ2n) is 3.29. The van der Waals surface area contributed by atoms with Crippen molar-refractivity contribution in [2.24, 2.45) is 5.73 Å². The van der Waals surface area contributed by atoms with Gasteiger partial charge in [0.15, 0.2) is 0 Å².